The average molecular weight is 233 g/mol. The highest BCUT2D eigenvalue weighted by atomic mass is 16.5. The van der Waals surface area contributed by atoms with Crippen molar-refractivity contribution in [3.63, 3.8) is 0 Å². The first-order chi connectivity index (χ1) is 8.17. The maximum Gasteiger partial charge on any atom is 0.312 e. The number of carbonyl (C=O) groups is 1. The number of allylic oxidation sites excluding steroid dienone is 1. The third-order valence-corrected chi connectivity index (χ3v) is 3.47. The molecule has 0 saturated carbocycles. The van der Waals surface area contributed by atoms with Crippen LogP contribution >= 0.6 is 0 Å². The molecule has 0 aliphatic heterocycles. The number of aromatic nitrogens is 1. The molecule has 1 aromatic heterocycles. The molecule has 2 atom stereocenters. The highest BCUT2D eigenvalue weighted by Crippen LogP contribution is 2.31. The van der Waals surface area contributed by atoms with Gasteiger partial charge in [-0.1, -0.05) is 19.1 Å². The van der Waals surface area contributed by atoms with Gasteiger partial charge in [0.1, 0.15) is 0 Å². The predicted octanol–water partition coefficient (Wildman–Crippen LogP) is 2.65. The number of aryl methyl sites for hydroxylation is 2. The Bertz CT molecular complexity index is 445. The van der Waals surface area contributed by atoms with Crippen LogP contribution in [0.2, 0.25) is 0 Å². The Morgan fingerprint density at radius 1 is 1.47 bits per heavy atom. The molecule has 92 valence electrons. The zero-order valence-corrected chi connectivity index (χ0v) is 10.6. The van der Waals surface area contributed by atoms with Crippen molar-refractivity contribution in [1.29, 1.82) is 0 Å². The van der Waals surface area contributed by atoms with Crippen LogP contribution in [0.4, 0.5) is 0 Å². The van der Waals surface area contributed by atoms with E-state index >= 15 is 0 Å². The number of nitrogens with zero attached hydrogens (tertiary/aromatic N) is 1. The van der Waals surface area contributed by atoms with Crippen molar-refractivity contribution in [2.75, 3.05) is 7.11 Å². The van der Waals surface area contributed by atoms with Gasteiger partial charge in [0, 0.05) is 11.4 Å². The molecule has 0 spiro atoms. The standard InChI is InChI=1S/C14H19NO2/c1-4-12-7-5-10(2)15(12)13-8-6-11(9-13)14(16)17-3/h5-8,11,13H,4,9H2,1-3H3. The van der Waals surface area contributed by atoms with E-state index in [0.717, 1.165) is 12.8 Å². The van der Waals surface area contributed by atoms with E-state index in [-0.39, 0.29) is 11.9 Å². The van der Waals surface area contributed by atoms with Crippen LogP contribution in [-0.2, 0) is 16.0 Å². The predicted molar refractivity (Wildman–Crippen MR) is 66.8 cm³/mol. The summed E-state index contributed by atoms with van der Waals surface area (Å²) in [5.41, 5.74) is 2.57. The first-order valence-electron chi connectivity index (χ1n) is 6.10. The molecule has 0 radical (unpaired) electrons. The number of methoxy groups -OCH3 is 1. The molecule has 0 fully saturated rings. The molecule has 0 saturated heterocycles. The van der Waals surface area contributed by atoms with Crippen LogP contribution in [0, 0.1) is 12.8 Å². The van der Waals surface area contributed by atoms with Gasteiger partial charge in [-0.05, 0) is 31.9 Å². The number of ether oxygens (including phenoxy) is 1. The Hall–Kier alpha value is -1.51. The van der Waals surface area contributed by atoms with Gasteiger partial charge in [0.15, 0.2) is 0 Å². The molecule has 2 rings (SSSR count). The van der Waals surface area contributed by atoms with Gasteiger partial charge < -0.3 is 9.30 Å². The van der Waals surface area contributed by atoms with Crippen molar-refractivity contribution in [2.24, 2.45) is 5.92 Å². The van der Waals surface area contributed by atoms with Gasteiger partial charge in [-0.25, -0.2) is 0 Å². The molecular formula is C14H19NO2. The van der Waals surface area contributed by atoms with E-state index in [0.29, 0.717) is 6.04 Å². The van der Waals surface area contributed by atoms with Gasteiger partial charge >= 0.3 is 5.97 Å². The van der Waals surface area contributed by atoms with Crippen LogP contribution in [0.5, 0.6) is 0 Å². The lowest BCUT2D eigenvalue weighted by atomic mass is 10.1. The molecule has 1 aliphatic rings. The molecule has 17 heavy (non-hydrogen) atoms. The summed E-state index contributed by atoms with van der Waals surface area (Å²) >= 11 is 0. The number of esters is 1. The van der Waals surface area contributed by atoms with Crippen LogP contribution in [0.1, 0.15) is 30.8 Å². The molecule has 1 aliphatic carbocycles. The second-order valence-electron chi connectivity index (χ2n) is 4.51. The Morgan fingerprint density at radius 3 is 2.88 bits per heavy atom. The summed E-state index contributed by atoms with van der Waals surface area (Å²) in [4.78, 5) is 11.5. The second kappa shape index (κ2) is 4.78. The average Bonchev–Trinajstić information content (AvgIpc) is 2.93. The summed E-state index contributed by atoms with van der Waals surface area (Å²) in [6.45, 7) is 4.26. The molecule has 1 aromatic rings. The van der Waals surface area contributed by atoms with Crippen molar-refractivity contribution in [2.45, 2.75) is 32.7 Å². The lowest BCUT2D eigenvalue weighted by Crippen LogP contribution is -2.16. The minimum absolute atomic E-state index is 0.0866. The van der Waals surface area contributed by atoms with E-state index < -0.39 is 0 Å². The van der Waals surface area contributed by atoms with Gasteiger partial charge in [0.05, 0.1) is 19.1 Å². The quantitative estimate of drug-likeness (QED) is 0.593. The first-order valence-corrected chi connectivity index (χ1v) is 6.10. The Morgan fingerprint density at radius 2 is 2.24 bits per heavy atom. The number of hydrogen-bond acceptors (Lipinski definition) is 2. The zero-order valence-electron chi connectivity index (χ0n) is 10.6. The third kappa shape index (κ3) is 2.14. The largest absolute Gasteiger partial charge is 0.469 e. The number of hydrogen-bond donors (Lipinski definition) is 0. The summed E-state index contributed by atoms with van der Waals surface area (Å²) < 4.78 is 7.11. The maximum absolute atomic E-state index is 11.5. The SMILES string of the molecule is CCc1ccc(C)n1C1C=CC(C(=O)OC)C1. The summed E-state index contributed by atoms with van der Waals surface area (Å²) in [5, 5.41) is 0. The topological polar surface area (TPSA) is 31.2 Å². The Kier molecular flexibility index (Phi) is 3.36. The molecule has 1 heterocycles. The van der Waals surface area contributed by atoms with E-state index in [1.54, 1.807) is 0 Å². The van der Waals surface area contributed by atoms with Gasteiger partial charge in [0.25, 0.3) is 0 Å². The Balaban J connectivity index is 2.18. The van der Waals surface area contributed by atoms with E-state index in [4.69, 9.17) is 4.74 Å². The van der Waals surface area contributed by atoms with Crippen LogP contribution in [-0.4, -0.2) is 17.6 Å². The van der Waals surface area contributed by atoms with E-state index in [1.807, 2.05) is 6.08 Å². The van der Waals surface area contributed by atoms with Crippen LogP contribution < -0.4 is 0 Å². The van der Waals surface area contributed by atoms with Crippen molar-refractivity contribution in [3.05, 3.63) is 35.7 Å². The fraction of sp³-hybridized carbons (Fsp3) is 0.500. The van der Waals surface area contributed by atoms with Crippen molar-refractivity contribution >= 4 is 5.97 Å². The lowest BCUT2D eigenvalue weighted by molar-refractivity contribution is -0.143. The molecule has 0 aromatic carbocycles. The summed E-state index contributed by atoms with van der Waals surface area (Å²) in [6, 6.07) is 4.59. The van der Waals surface area contributed by atoms with E-state index in [9.17, 15) is 4.79 Å². The molecule has 0 N–H and O–H groups in total. The molecule has 0 amide bonds. The summed E-state index contributed by atoms with van der Waals surface area (Å²) in [5.74, 6) is -0.219. The zero-order chi connectivity index (χ0) is 12.4. The maximum atomic E-state index is 11.5. The summed E-state index contributed by atoms with van der Waals surface area (Å²) in [7, 11) is 1.45. The molecular weight excluding hydrogens is 214 g/mol. The number of carbonyl (C=O) groups excluding carboxylic acids is 1. The van der Waals surface area contributed by atoms with E-state index in [2.05, 4.69) is 36.6 Å². The fourth-order valence-corrected chi connectivity index (χ4v) is 2.56. The molecule has 3 nitrogen and oxygen atoms in total. The minimum atomic E-state index is -0.133. The van der Waals surface area contributed by atoms with Crippen LogP contribution in [0.15, 0.2) is 24.3 Å². The lowest BCUT2D eigenvalue weighted by Gasteiger charge is -2.18. The third-order valence-electron chi connectivity index (χ3n) is 3.47. The molecule has 2 unspecified atom stereocenters. The van der Waals surface area contributed by atoms with Crippen molar-refractivity contribution in [3.8, 4) is 0 Å². The highest BCUT2D eigenvalue weighted by Gasteiger charge is 2.27. The van der Waals surface area contributed by atoms with Gasteiger partial charge in [-0.2, -0.15) is 0 Å². The number of rotatable bonds is 3. The summed E-state index contributed by atoms with van der Waals surface area (Å²) in [6.07, 6.45) is 5.92. The monoisotopic (exact) mass is 233 g/mol. The highest BCUT2D eigenvalue weighted by molar-refractivity contribution is 5.75. The van der Waals surface area contributed by atoms with Crippen molar-refractivity contribution in [1.82, 2.24) is 4.57 Å². The van der Waals surface area contributed by atoms with Crippen molar-refractivity contribution < 1.29 is 9.53 Å². The van der Waals surface area contributed by atoms with Crippen LogP contribution in [0.3, 0.4) is 0 Å². The normalized spacial score (nSPS) is 23.0. The van der Waals surface area contributed by atoms with E-state index in [1.165, 1.54) is 18.5 Å². The molecule has 0 bridgehead atoms. The van der Waals surface area contributed by atoms with Gasteiger partial charge in [-0.15, -0.1) is 0 Å². The van der Waals surface area contributed by atoms with Gasteiger partial charge in [0.2, 0.25) is 0 Å². The second-order valence-corrected chi connectivity index (χ2v) is 4.51. The van der Waals surface area contributed by atoms with Crippen LogP contribution in [0.25, 0.3) is 0 Å². The smallest absolute Gasteiger partial charge is 0.312 e. The minimum Gasteiger partial charge on any atom is -0.469 e. The fourth-order valence-electron chi connectivity index (χ4n) is 2.56. The molecule has 3 heteroatoms. The van der Waals surface area contributed by atoms with Gasteiger partial charge in [-0.3, -0.25) is 4.79 Å². The Labute approximate surface area is 102 Å². The first kappa shape index (κ1) is 12.0.